The first kappa shape index (κ1) is 20.5. The number of methoxy groups -OCH3 is 1. The fourth-order valence-corrected chi connectivity index (χ4v) is 3.85. The highest BCUT2D eigenvalue weighted by Gasteiger charge is 2.16. The Morgan fingerprint density at radius 2 is 1.79 bits per heavy atom. The monoisotopic (exact) mass is 414 g/mol. The molecule has 9 heteroatoms. The zero-order valence-corrected chi connectivity index (χ0v) is 17.0. The van der Waals surface area contributed by atoms with Crippen LogP contribution in [-0.2, 0) is 21.2 Å². The number of nitrogens with zero attached hydrogens (tertiary/aromatic N) is 2. The van der Waals surface area contributed by atoms with E-state index in [9.17, 15) is 13.2 Å². The van der Waals surface area contributed by atoms with Gasteiger partial charge in [-0.15, -0.1) is 0 Å². The molecule has 0 aliphatic rings. The van der Waals surface area contributed by atoms with E-state index in [1.807, 2.05) is 31.2 Å². The van der Waals surface area contributed by atoms with Crippen LogP contribution < -0.4 is 10.1 Å². The first-order chi connectivity index (χ1) is 13.9. The lowest BCUT2D eigenvalue weighted by molar-refractivity contribution is -0.120. The number of nitrogens with one attached hydrogen (secondary N) is 2. The Bertz CT molecular complexity index is 1070. The van der Waals surface area contributed by atoms with Crippen molar-refractivity contribution < 1.29 is 17.9 Å². The predicted molar refractivity (Wildman–Crippen MR) is 108 cm³/mol. The van der Waals surface area contributed by atoms with Crippen molar-refractivity contribution in [1.82, 2.24) is 20.5 Å². The van der Waals surface area contributed by atoms with Crippen LogP contribution in [0.5, 0.6) is 5.75 Å². The topological polar surface area (TPSA) is 114 Å². The molecule has 0 fully saturated rings. The van der Waals surface area contributed by atoms with Crippen molar-refractivity contribution in [2.24, 2.45) is 0 Å². The van der Waals surface area contributed by atoms with E-state index in [0.717, 1.165) is 16.9 Å². The molecule has 1 amide bonds. The van der Waals surface area contributed by atoms with Crippen molar-refractivity contribution in [2.45, 2.75) is 24.8 Å². The van der Waals surface area contributed by atoms with Crippen molar-refractivity contribution in [2.75, 3.05) is 12.9 Å². The highest BCUT2D eigenvalue weighted by Crippen LogP contribution is 2.19. The van der Waals surface area contributed by atoms with E-state index >= 15 is 0 Å². The van der Waals surface area contributed by atoms with E-state index in [1.165, 1.54) is 0 Å². The molecule has 0 atom stereocenters. The molecule has 0 aliphatic heterocycles. The molecule has 0 radical (unpaired) electrons. The Labute approximate surface area is 169 Å². The summed E-state index contributed by atoms with van der Waals surface area (Å²) >= 11 is 0. The molecular weight excluding hydrogens is 392 g/mol. The maximum absolute atomic E-state index is 12.3. The molecule has 152 valence electrons. The van der Waals surface area contributed by atoms with Crippen LogP contribution in [0.25, 0.3) is 11.4 Å². The van der Waals surface area contributed by atoms with Crippen LogP contribution >= 0.6 is 0 Å². The zero-order chi connectivity index (χ0) is 20.9. The average Bonchev–Trinajstić information content (AvgIpc) is 3.20. The molecule has 3 rings (SSSR count). The Morgan fingerprint density at radius 3 is 2.45 bits per heavy atom. The maximum atomic E-state index is 12.3. The van der Waals surface area contributed by atoms with Crippen LogP contribution in [0.1, 0.15) is 17.8 Å². The Hall–Kier alpha value is -3.20. The Kier molecular flexibility index (Phi) is 6.28. The molecule has 0 unspecified atom stereocenters. The third kappa shape index (κ3) is 5.41. The van der Waals surface area contributed by atoms with Crippen molar-refractivity contribution in [3.8, 4) is 17.1 Å². The Balaban J connectivity index is 1.52. The molecule has 1 aromatic heterocycles. The molecule has 0 aliphatic carbocycles. The van der Waals surface area contributed by atoms with E-state index in [0.29, 0.717) is 11.6 Å². The van der Waals surface area contributed by atoms with Crippen LogP contribution in [0.2, 0.25) is 0 Å². The number of carbonyl (C=O) groups excluding carboxylic acids is 1. The van der Waals surface area contributed by atoms with Crippen molar-refractivity contribution in [1.29, 1.82) is 0 Å². The highest BCUT2D eigenvalue weighted by atomic mass is 32.2. The van der Waals surface area contributed by atoms with Gasteiger partial charge < -0.3 is 10.1 Å². The van der Waals surface area contributed by atoms with Gasteiger partial charge in [-0.05, 0) is 43.3 Å². The molecule has 0 saturated heterocycles. The number of benzene rings is 2. The number of aromatic amines is 1. The number of sulfone groups is 1. The fourth-order valence-electron chi connectivity index (χ4n) is 2.60. The first-order valence-corrected chi connectivity index (χ1v) is 10.6. The van der Waals surface area contributed by atoms with Gasteiger partial charge in [-0.1, -0.05) is 17.7 Å². The summed E-state index contributed by atoms with van der Waals surface area (Å²) in [6, 6.07) is 13.9. The fraction of sp³-hybridized carbons (Fsp3) is 0.250. The Morgan fingerprint density at radius 1 is 1.10 bits per heavy atom. The maximum Gasteiger partial charge on any atom is 0.221 e. The molecule has 1 heterocycles. The molecule has 2 aromatic carbocycles. The van der Waals surface area contributed by atoms with Gasteiger partial charge in [-0.2, -0.15) is 5.10 Å². The second-order valence-corrected chi connectivity index (χ2v) is 8.60. The minimum Gasteiger partial charge on any atom is -0.497 e. The van der Waals surface area contributed by atoms with Gasteiger partial charge in [0.05, 0.1) is 24.3 Å². The normalized spacial score (nSPS) is 11.2. The number of H-pyrrole nitrogens is 1. The number of aromatic nitrogens is 3. The van der Waals surface area contributed by atoms with Gasteiger partial charge in [-0.25, -0.2) is 13.4 Å². The SMILES string of the molecule is COc1ccc(-c2n[nH]c(CNC(=O)CCS(=O)(=O)c3ccc(C)cc3)n2)cc1. The van der Waals surface area contributed by atoms with Crippen LogP contribution in [0.3, 0.4) is 0 Å². The number of ether oxygens (including phenoxy) is 1. The largest absolute Gasteiger partial charge is 0.497 e. The van der Waals surface area contributed by atoms with Gasteiger partial charge in [0.1, 0.15) is 11.6 Å². The van der Waals surface area contributed by atoms with E-state index in [-0.39, 0.29) is 29.5 Å². The van der Waals surface area contributed by atoms with Gasteiger partial charge in [0.2, 0.25) is 5.91 Å². The summed E-state index contributed by atoms with van der Waals surface area (Å²) in [5.41, 5.74) is 1.78. The van der Waals surface area contributed by atoms with Crippen LogP contribution in [0.4, 0.5) is 0 Å². The van der Waals surface area contributed by atoms with E-state index < -0.39 is 9.84 Å². The summed E-state index contributed by atoms with van der Waals surface area (Å²) in [5.74, 6) is 1.08. The molecule has 29 heavy (non-hydrogen) atoms. The van der Waals surface area contributed by atoms with Crippen molar-refractivity contribution in [3.63, 3.8) is 0 Å². The van der Waals surface area contributed by atoms with Crippen LogP contribution in [0.15, 0.2) is 53.4 Å². The van der Waals surface area contributed by atoms with Gasteiger partial charge >= 0.3 is 0 Å². The summed E-state index contributed by atoms with van der Waals surface area (Å²) in [4.78, 5) is 16.6. The predicted octanol–water partition coefficient (Wildman–Crippen LogP) is 2.27. The molecule has 2 N–H and O–H groups in total. The van der Waals surface area contributed by atoms with Crippen molar-refractivity contribution >= 4 is 15.7 Å². The summed E-state index contributed by atoms with van der Waals surface area (Å²) in [6.07, 6.45) is -0.129. The van der Waals surface area contributed by atoms with E-state index in [4.69, 9.17) is 4.74 Å². The number of hydrogen-bond donors (Lipinski definition) is 2. The van der Waals surface area contributed by atoms with Crippen molar-refractivity contribution in [3.05, 3.63) is 59.9 Å². The van der Waals surface area contributed by atoms with Crippen LogP contribution in [-0.4, -0.2) is 42.4 Å². The van der Waals surface area contributed by atoms with Gasteiger partial charge in [0.15, 0.2) is 15.7 Å². The lowest BCUT2D eigenvalue weighted by atomic mass is 10.2. The third-order valence-electron chi connectivity index (χ3n) is 4.31. The molecule has 3 aromatic rings. The lowest BCUT2D eigenvalue weighted by Gasteiger charge is -2.05. The minimum atomic E-state index is -3.50. The minimum absolute atomic E-state index is 0.129. The lowest BCUT2D eigenvalue weighted by Crippen LogP contribution is -2.25. The molecule has 0 bridgehead atoms. The number of amides is 1. The number of carbonyl (C=O) groups is 1. The molecule has 0 spiro atoms. The molecule has 8 nitrogen and oxygen atoms in total. The van der Waals surface area contributed by atoms with E-state index in [2.05, 4.69) is 20.5 Å². The van der Waals surface area contributed by atoms with Gasteiger partial charge in [-0.3, -0.25) is 9.89 Å². The number of aryl methyl sites for hydroxylation is 1. The summed E-state index contributed by atoms with van der Waals surface area (Å²) in [7, 11) is -1.91. The summed E-state index contributed by atoms with van der Waals surface area (Å²) < 4.78 is 29.7. The summed E-state index contributed by atoms with van der Waals surface area (Å²) in [5, 5.41) is 9.55. The average molecular weight is 414 g/mol. The smallest absolute Gasteiger partial charge is 0.221 e. The third-order valence-corrected chi connectivity index (χ3v) is 6.04. The second kappa shape index (κ2) is 8.87. The van der Waals surface area contributed by atoms with E-state index in [1.54, 1.807) is 31.4 Å². The molecular formula is C20H22N4O4S. The standard InChI is InChI=1S/C20H22N4O4S/c1-14-3-9-17(10-4-14)29(26,27)12-11-19(25)21-13-18-22-20(24-23-18)15-5-7-16(28-2)8-6-15/h3-10H,11-13H2,1-2H3,(H,21,25)(H,22,23,24). The first-order valence-electron chi connectivity index (χ1n) is 8.99. The molecule has 0 saturated carbocycles. The van der Waals surface area contributed by atoms with Crippen LogP contribution in [0, 0.1) is 6.92 Å². The van der Waals surface area contributed by atoms with Gasteiger partial charge in [0, 0.05) is 12.0 Å². The second-order valence-electron chi connectivity index (χ2n) is 6.49. The number of hydrogen-bond acceptors (Lipinski definition) is 6. The quantitative estimate of drug-likeness (QED) is 0.584. The van der Waals surface area contributed by atoms with Gasteiger partial charge in [0.25, 0.3) is 0 Å². The highest BCUT2D eigenvalue weighted by molar-refractivity contribution is 7.91. The summed E-state index contributed by atoms with van der Waals surface area (Å²) in [6.45, 7) is 2.01. The number of rotatable bonds is 8. The zero-order valence-electron chi connectivity index (χ0n) is 16.2.